The van der Waals surface area contributed by atoms with E-state index in [0.29, 0.717) is 6.54 Å². The number of aromatic nitrogens is 4. The van der Waals surface area contributed by atoms with E-state index in [4.69, 9.17) is 0 Å². The Morgan fingerprint density at radius 1 is 1.12 bits per heavy atom. The molecule has 7 nitrogen and oxygen atoms in total. The predicted molar refractivity (Wildman–Crippen MR) is 92.3 cm³/mol. The van der Waals surface area contributed by atoms with E-state index >= 15 is 0 Å². The molecule has 2 heterocycles. The van der Waals surface area contributed by atoms with Crippen molar-refractivity contribution < 1.29 is 8.42 Å². The van der Waals surface area contributed by atoms with Gasteiger partial charge in [0.25, 0.3) is 0 Å². The van der Waals surface area contributed by atoms with Crippen molar-refractivity contribution >= 4 is 21.1 Å². The van der Waals surface area contributed by atoms with E-state index in [9.17, 15) is 8.42 Å². The first kappa shape index (κ1) is 16.7. The maximum absolute atomic E-state index is 12.3. The molecule has 0 atom stereocenters. The second kappa shape index (κ2) is 6.37. The van der Waals surface area contributed by atoms with Gasteiger partial charge in [-0.05, 0) is 32.9 Å². The van der Waals surface area contributed by atoms with Crippen LogP contribution in [0.5, 0.6) is 0 Å². The molecule has 0 radical (unpaired) electrons. The van der Waals surface area contributed by atoms with Crippen molar-refractivity contribution in [1.82, 2.24) is 24.3 Å². The molecule has 0 spiro atoms. The SMILES string of the molecule is CCn1nc(C)c2c1cnn2CCNS(=O)(=O)c1ccc(C)cc1. The van der Waals surface area contributed by atoms with Crippen LogP contribution < -0.4 is 4.72 Å². The Morgan fingerprint density at radius 2 is 1.83 bits per heavy atom. The average Bonchev–Trinajstić information content (AvgIpc) is 3.09. The highest BCUT2D eigenvalue weighted by Crippen LogP contribution is 2.17. The van der Waals surface area contributed by atoms with Crippen LogP contribution >= 0.6 is 0 Å². The standard InChI is InChI=1S/C16H21N5O2S/c1-4-20-15-11-17-21(16(15)13(3)19-20)10-9-18-24(22,23)14-7-5-12(2)6-8-14/h5-8,11,18H,4,9-10H2,1-3H3. The summed E-state index contributed by atoms with van der Waals surface area (Å²) >= 11 is 0. The zero-order chi connectivity index (χ0) is 17.3. The molecule has 0 aliphatic rings. The topological polar surface area (TPSA) is 81.8 Å². The Morgan fingerprint density at radius 3 is 2.50 bits per heavy atom. The van der Waals surface area contributed by atoms with Gasteiger partial charge in [-0.3, -0.25) is 9.36 Å². The summed E-state index contributed by atoms with van der Waals surface area (Å²) in [5.41, 5.74) is 3.84. The van der Waals surface area contributed by atoms with Gasteiger partial charge >= 0.3 is 0 Å². The van der Waals surface area contributed by atoms with Crippen LogP contribution in [0.1, 0.15) is 18.2 Å². The van der Waals surface area contributed by atoms with Crippen molar-refractivity contribution in [3.05, 3.63) is 41.7 Å². The van der Waals surface area contributed by atoms with Crippen molar-refractivity contribution in [2.45, 2.75) is 38.8 Å². The number of nitrogens with one attached hydrogen (secondary N) is 1. The van der Waals surface area contributed by atoms with Crippen molar-refractivity contribution in [2.75, 3.05) is 6.54 Å². The first-order valence-electron chi connectivity index (χ1n) is 7.87. The van der Waals surface area contributed by atoms with E-state index in [-0.39, 0.29) is 11.4 Å². The summed E-state index contributed by atoms with van der Waals surface area (Å²) in [5, 5.41) is 8.81. The first-order valence-corrected chi connectivity index (χ1v) is 9.36. The number of nitrogens with zero attached hydrogens (tertiary/aromatic N) is 4. The molecule has 1 N–H and O–H groups in total. The molecular formula is C16H21N5O2S. The van der Waals surface area contributed by atoms with Gasteiger partial charge in [0, 0.05) is 13.1 Å². The largest absolute Gasteiger partial charge is 0.262 e. The lowest BCUT2D eigenvalue weighted by molar-refractivity contribution is 0.565. The van der Waals surface area contributed by atoms with Crippen LogP contribution in [0.15, 0.2) is 35.4 Å². The van der Waals surface area contributed by atoms with Gasteiger partial charge in [0.15, 0.2) is 0 Å². The fourth-order valence-electron chi connectivity index (χ4n) is 2.72. The molecule has 1 aromatic carbocycles. The fraction of sp³-hybridized carbons (Fsp3) is 0.375. The highest BCUT2D eigenvalue weighted by molar-refractivity contribution is 7.89. The van der Waals surface area contributed by atoms with E-state index in [0.717, 1.165) is 28.8 Å². The van der Waals surface area contributed by atoms with Gasteiger partial charge in [-0.2, -0.15) is 10.2 Å². The van der Waals surface area contributed by atoms with Crippen LogP contribution in [-0.4, -0.2) is 34.5 Å². The van der Waals surface area contributed by atoms with Crippen LogP contribution in [0.3, 0.4) is 0 Å². The van der Waals surface area contributed by atoms with Crippen LogP contribution in [0.2, 0.25) is 0 Å². The molecule has 0 saturated carbocycles. The van der Waals surface area contributed by atoms with E-state index in [1.807, 2.05) is 25.5 Å². The van der Waals surface area contributed by atoms with Crippen LogP contribution in [0.4, 0.5) is 0 Å². The number of fused-ring (bicyclic) bond motifs is 1. The smallest absolute Gasteiger partial charge is 0.240 e. The second-order valence-corrected chi connectivity index (χ2v) is 7.48. The molecular weight excluding hydrogens is 326 g/mol. The Kier molecular flexibility index (Phi) is 4.42. The molecule has 0 fully saturated rings. The normalized spacial score (nSPS) is 12.1. The summed E-state index contributed by atoms with van der Waals surface area (Å²) in [4.78, 5) is 0.272. The van der Waals surface area contributed by atoms with E-state index in [2.05, 4.69) is 14.9 Å². The molecule has 0 unspecified atom stereocenters. The zero-order valence-corrected chi connectivity index (χ0v) is 14.8. The third-order valence-corrected chi connectivity index (χ3v) is 5.44. The first-order chi connectivity index (χ1) is 11.4. The number of hydrogen-bond acceptors (Lipinski definition) is 4. The molecule has 3 rings (SSSR count). The lowest BCUT2D eigenvalue weighted by Crippen LogP contribution is -2.27. The Labute approximate surface area is 141 Å². The summed E-state index contributed by atoms with van der Waals surface area (Å²) < 4.78 is 30.9. The molecule has 0 bridgehead atoms. The van der Waals surface area contributed by atoms with Crippen LogP contribution in [0, 0.1) is 13.8 Å². The number of hydrogen-bond donors (Lipinski definition) is 1. The van der Waals surface area contributed by atoms with E-state index in [1.165, 1.54) is 0 Å². The monoisotopic (exact) mass is 347 g/mol. The minimum Gasteiger partial charge on any atom is -0.262 e. The predicted octanol–water partition coefficient (Wildman–Crippen LogP) is 1.85. The minimum absolute atomic E-state index is 0.268. The third kappa shape index (κ3) is 3.07. The highest BCUT2D eigenvalue weighted by atomic mass is 32.2. The quantitative estimate of drug-likeness (QED) is 0.738. The van der Waals surface area contributed by atoms with Crippen molar-refractivity contribution in [2.24, 2.45) is 0 Å². The molecule has 0 saturated heterocycles. The number of benzene rings is 1. The molecule has 8 heteroatoms. The zero-order valence-electron chi connectivity index (χ0n) is 14.0. The van der Waals surface area contributed by atoms with Crippen molar-refractivity contribution in [3.8, 4) is 0 Å². The van der Waals surface area contributed by atoms with Gasteiger partial charge in [0.1, 0.15) is 11.0 Å². The van der Waals surface area contributed by atoms with Crippen molar-refractivity contribution in [3.63, 3.8) is 0 Å². The number of sulfonamides is 1. The van der Waals surface area contributed by atoms with Gasteiger partial charge in [0.2, 0.25) is 10.0 Å². The number of aryl methyl sites for hydroxylation is 3. The fourth-order valence-corrected chi connectivity index (χ4v) is 3.74. The molecule has 24 heavy (non-hydrogen) atoms. The number of rotatable bonds is 6. The van der Waals surface area contributed by atoms with E-state index in [1.54, 1.807) is 35.1 Å². The van der Waals surface area contributed by atoms with Gasteiger partial charge < -0.3 is 0 Å². The molecule has 0 amide bonds. The highest BCUT2D eigenvalue weighted by Gasteiger charge is 2.15. The van der Waals surface area contributed by atoms with Crippen molar-refractivity contribution in [1.29, 1.82) is 0 Å². The maximum Gasteiger partial charge on any atom is 0.240 e. The second-order valence-electron chi connectivity index (χ2n) is 5.71. The lowest BCUT2D eigenvalue weighted by Gasteiger charge is -2.07. The van der Waals surface area contributed by atoms with Gasteiger partial charge in [-0.15, -0.1) is 0 Å². The molecule has 0 aliphatic heterocycles. The summed E-state index contributed by atoms with van der Waals surface area (Å²) in [6.45, 7) is 7.37. The van der Waals surface area contributed by atoms with Crippen LogP contribution in [0.25, 0.3) is 11.0 Å². The Hall–Kier alpha value is -2.19. The summed E-state index contributed by atoms with van der Waals surface area (Å²) in [5.74, 6) is 0. The minimum atomic E-state index is -3.51. The maximum atomic E-state index is 12.3. The molecule has 2 aromatic heterocycles. The van der Waals surface area contributed by atoms with Crippen LogP contribution in [-0.2, 0) is 23.1 Å². The third-order valence-electron chi connectivity index (χ3n) is 3.96. The summed E-state index contributed by atoms with van der Waals surface area (Å²) in [6.07, 6.45) is 1.77. The molecule has 3 aromatic rings. The Bertz CT molecular complexity index is 954. The average molecular weight is 347 g/mol. The summed E-state index contributed by atoms with van der Waals surface area (Å²) in [7, 11) is -3.51. The van der Waals surface area contributed by atoms with Gasteiger partial charge in [-0.1, -0.05) is 17.7 Å². The molecule has 128 valence electrons. The lowest BCUT2D eigenvalue weighted by atomic mass is 10.2. The van der Waals surface area contributed by atoms with Gasteiger partial charge in [-0.25, -0.2) is 13.1 Å². The Balaban J connectivity index is 1.72. The summed E-state index contributed by atoms with van der Waals surface area (Å²) in [6, 6.07) is 6.79. The van der Waals surface area contributed by atoms with Gasteiger partial charge in [0.05, 0.1) is 23.3 Å². The van der Waals surface area contributed by atoms with E-state index < -0.39 is 10.0 Å². The molecule has 0 aliphatic carbocycles.